The largest absolute Gasteiger partial charge is 0.472 e. The number of phosphoric ester groups is 2. The Morgan fingerprint density at radius 3 is 0.674 bits per heavy atom. The summed E-state index contributed by atoms with van der Waals surface area (Å²) in [7, 11) is -9.91. The van der Waals surface area contributed by atoms with Gasteiger partial charge in [-0.1, -0.05) is 312 Å². The van der Waals surface area contributed by atoms with Crippen molar-refractivity contribution in [2.75, 3.05) is 39.6 Å². The van der Waals surface area contributed by atoms with Gasteiger partial charge in [0.05, 0.1) is 26.4 Å². The summed E-state index contributed by atoms with van der Waals surface area (Å²) in [5, 5.41) is 10.6. The molecule has 19 heteroatoms. The first-order valence-corrected chi connectivity index (χ1v) is 40.7. The van der Waals surface area contributed by atoms with Gasteiger partial charge in [0, 0.05) is 25.7 Å². The quantitative estimate of drug-likeness (QED) is 0.0222. The number of hydrogen-bond acceptors (Lipinski definition) is 15. The summed E-state index contributed by atoms with van der Waals surface area (Å²) in [6, 6.07) is 0. The van der Waals surface area contributed by atoms with Crippen LogP contribution in [0.3, 0.4) is 0 Å². The number of phosphoric acid groups is 2. The van der Waals surface area contributed by atoms with Crippen molar-refractivity contribution in [1.29, 1.82) is 0 Å². The summed E-state index contributed by atoms with van der Waals surface area (Å²) >= 11 is 0. The van der Waals surface area contributed by atoms with Crippen molar-refractivity contribution in [2.45, 2.75) is 382 Å². The van der Waals surface area contributed by atoms with Crippen LogP contribution in [0.1, 0.15) is 364 Å². The van der Waals surface area contributed by atoms with Gasteiger partial charge in [-0.25, -0.2) is 9.13 Å². The Morgan fingerprint density at radius 2 is 0.457 bits per heavy atom. The molecule has 0 aromatic heterocycles. The molecule has 0 amide bonds. The molecule has 546 valence electrons. The fourth-order valence-electron chi connectivity index (χ4n) is 11.0. The van der Waals surface area contributed by atoms with Crippen LogP contribution in [0, 0.1) is 23.7 Å². The van der Waals surface area contributed by atoms with Crippen molar-refractivity contribution in [1.82, 2.24) is 0 Å². The zero-order valence-corrected chi connectivity index (χ0v) is 62.0. The Hall–Kier alpha value is -1.94. The molecule has 0 fully saturated rings. The second-order valence-corrected chi connectivity index (χ2v) is 31.1. The standard InChI is InChI=1S/C73H142O17P2/c1-63(2)49-41-33-25-19-13-10-9-11-15-23-29-39-47-55-72(77)89-68(59-83-70(75)53-45-37-28-22-16-12-14-20-26-34-42-50-64(3)4)61-87-91(79,80)85-57-67(74)58-86-92(81,82)88-62-69(60-84-71(76)54-46-38-32-31-36-44-52-66(7)8)90-73(78)56-48-40-30-24-18-17-21-27-35-43-51-65(5)6/h63-69,74H,9-62H2,1-8H3,(H,79,80)(H,81,82)/t67-,68-,69-/m1/s1. The normalized spacial score (nSPS) is 14.2. The average Bonchev–Trinajstić information content (AvgIpc) is 3.34. The van der Waals surface area contributed by atoms with Crippen LogP contribution in [-0.2, 0) is 65.4 Å². The lowest BCUT2D eigenvalue weighted by molar-refractivity contribution is -0.161. The molecule has 17 nitrogen and oxygen atoms in total. The van der Waals surface area contributed by atoms with Crippen LogP contribution in [0.15, 0.2) is 0 Å². The second-order valence-electron chi connectivity index (χ2n) is 28.2. The maximum absolute atomic E-state index is 13.1. The van der Waals surface area contributed by atoms with E-state index in [0.29, 0.717) is 31.6 Å². The fourth-order valence-corrected chi connectivity index (χ4v) is 12.6. The zero-order valence-electron chi connectivity index (χ0n) is 60.2. The fraction of sp³-hybridized carbons (Fsp3) is 0.945. The van der Waals surface area contributed by atoms with Crippen molar-refractivity contribution in [3.8, 4) is 0 Å². The van der Waals surface area contributed by atoms with E-state index >= 15 is 0 Å². The van der Waals surface area contributed by atoms with E-state index in [4.69, 9.17) is 37.0 Å². The van der Waals surface area contributed by atoms with Gasteiger partial charge in [0.15, 0.2) is 12.2 Å². The topological polar surface area (TPSA) is 237 Å². The highest BCUT2D eigenvalue weighted by atomic mass is 31.2. The number of carbonyl (C=O) groups excluding carboxylic acids is 4. The molecule has 92 heavy (non-hydrogen) atoms. The summed E-state index contributed by atoms with van der Waals surface area (Å²) in [6.07, 6.45) is 45.9. The molecule has 0 aliphatic rings. The monoisotopic (exact) mass is 1350 g/mol. The first kappa shape index (κ1) is 90.1. The number of hydrogen-bond donors (Lipinski definition) is 3. The Kier molecular flexibility index (Phi) is 61.3. The summed E-state index contributed by atoms with van der Waals surface area (Å²) in [4.78, 5) is 72.7. The number of carbonyl (C=O) groups is 4. The highest BCUT2D eigenvalue weighted by Crippen LogP contribution is 2.45. The Morgan fingerprint density at radius 1 is 0.272 bits per heavy atom. The lowest BCUT2D eigenvalue weighted by Crippen LogP contribution is -2.30. The minimum absolute atomic E-state index is 0.104. The first-order chi connectivity index (χ1) is 44.1. The van der Waals surface area contributed by atoms with Gasteiger partial charge >= 0.3 is 39.5 Å². The predicted molar refractivity (Wildman–Crippen MR) is 372 cm³/mol. The first-order valence-electron chi connectivity index (χ1n) is 37.7. The van der Waals surface area contributed by atoms with Crippen LogP contribution in [0.4, 0.5) is 0 Å². The summed E-state index contributed by atoms with van der Waals surface area (Å²) in [5.41, 5.74) is 0. The molecule has 0 aromatic rings. The van der Waals surface area contributed by atoms with Gasteiger partial charge in [0.25, 0.3) is 0 Å². The van der Waals surface area contributed by atoms with E-state index in [9.17, 15) is 43.2 Å². The second kappa shape index (κ2) is 62.6. The van der Waals surface area contributed by atoms with E-state index in [1.54, 1.807) is 0 Å². The Balaban J connectivity index is 5.25. The summed E-state index contributed by atoms with van der Waals surface area (Å²) < 4.78 is 68.4. The maximum atomic E-state index is 13.1. The molecule has 0 aliphatic carbocycles. The lowest BCUT2D eigenvalue weighted by Gasteiger charge is -2.21. The molecule has 0 aliphatic heterocycles. The molecule has 3 N–H and O–H groups in total. The number of ether oxygens (including phenoxy) is 4. The van der Waals surface area contributed by atoms with Crippen molar-refractivity contribution in [3.05, 3.63) is 0 Å². The minimum Gasteiger partial charge on any atom is -0.462 e. The van der Waals surface area contributed by atoms with Crippen LogP contribution in [0.2, 0.25) is 0 Å². The number of aliphatic hydroxyl groups excluding tert-OH is 1. The van der Waals surface area contributed by atoms with Crippen LogP contribution in [0.25, 0.3) is 0 Å². The van der Waals surface area contributed by atoms with Crippen LogP contribution in [0.5, 0.6) is 0 Å². The number of aliphatic hydroxyl groups is 1. The van der Waals surface area contributed by atoms with Gasteiger partial charge < -0.3 is 33.8 Å². The molecule has 5 atom stereocenters. The highest BCUT2D eigenvalue weighted by Gasteiger charge is 2.30. The molecule has 0 rings (SSSR count). The number of rotatable bonds is 70. The summed E-state index contributed by atoms with van der Waals surface area (Å²) in [5.74, 6) is 0.863. The van der Waals surface area contributed by atoms with E-state index in [-0.39, 0.29) is 25.7 Å². The predicted octanol–water partition coefficient (Wildman–Crippen LogP) is 20.9. The molecule has 0 aromatic carbocycles. The molecular formula is C73H142O17P2. The van der Waals surface area contributed by atoms with E-state index in [1.165, 1.54) is 161 Å². The molecular weight excluding hydrogens is 1210 g/mol. The third-order valence-electron chi connectivity index (χ3n) is 16.8. The van der Waals surface area contributed by atoms with E-state index < -0.39 is 97.5 Å². The van der Waals surface area contributed by atoms with Gasteiger partial charge in [0.2, 0.25) is 0 Å². The van der Waals surface area contributed by atoms with Crippen molar-refractivity contribution in [2.24, 2.45) is 23.7 Å². The van der Waals surface area contributed by atoms with Gasteiger partial charge in [-0.05, 0) is 49.4 Å². The Bertz CT molecular complexity index is 1820. The molecule has 0 radical (unpaired) electrons. The molecule has 0 bridgehead atoms. The number of esters is 4. The molecule has 0 spiro atoms. The third kappa shape index (κ3) is 66.7. The third-order valence-corrected chi connectivity index (χ3v) is 18.7. The van der Waals surface area contributed by atoms with E-state index in [1.807, 2.05) is 0 Å². The van der Waals surface area contributed by atoms with Gasteiger partial charge in [-0.2, -0.15) is 0 Å². The number of unbranched alkanes of at least 4 members (excludes halogenated alkanes) is 36. The highest BCUT2D eigenvalue weighted by molar-refractivity contribution is 7.47. The molecule has 2 unspecified atom stereocenters. The smallest absolute Gasteiger partial charge is 0.462 e. The van der Waals surface area contributed by atoms with E-state index in [0.717, 1.165) is 114 Å². The van der Waals surface area contributed by atoms with Crippen molar-refractivity contribution in [3.63, 3.8) is 0 Å². The van der Waals surface area contributed by atoms with Crippen LogP contribution >= 0.6 is 15.6 Å². The SMILES string of the molecule is CC(C)CCCCCCCCCCCCCCCC(=O)O[C@H](COC(=O)CCCCCCCCCCCCCC(C)C)COP(=O)(O)OC[C@@H](O)COP(=O)(O)OC[C@@H](COC(=O)CCCCCCCCC(C)C)OC(=O)CCCCCCCCCCCCC(C)C. The van der Waals surface area contributed by atoms with Crippen molar-refractivity contribution >= 4 is 39.5 Å². The molecule has 0 heterocycles. The average molecular weight is 1350 g/mol. The lowest BCUT2D eigenvalue weighted by atomic mass is 10.0. The summed E-state index contributed by atoms with van der Waals surface area (Å²) in [6.45, 7) is 14.1. The van der Waals surface area contributed by atoms with Crippen molar-refractivity contribution < 1.29 is 80.2 Å². The van der Waals surface area contributed by atoms with Gasteiger partial charge in [0.1, 0.15) is 19.3 Å². The Labute approximate surface area is 562 Å². The van der Waals surface area contributed by atoms with Crippen LogP contribution < -0.4 is 0 Å². The zero-order chi connectivity index (χ0) is 68.2. The van der Waals surface area contributed by atoms with Gasteiger partial charge in [-0.15, -0.1) is 0 Å². The van der Waals surface area contributed by atoms with E-state index in [2.05, 4.69) is 55.4 Å². The molecule has 0 saturated carbocycles. The minimum atomic E-state index is -4.96. The molecule has 0 saturated heterocycles. The van der Waals surface area contributed by atoms with Crippen LogP contribution in [-0.4, -0.2) is 96.7 Å². The maximum Gasteiger partial charge on any atom is 0.472 e. The van der Waals surface area contributed by atoms with Gasteiger partial charge in [-0.3, -0.25) is 37.3 Å².